The molecule has 1 saturated heterocycles. The molecular formula is C13H17BrN2O4S. The van der Waals surface area contributed by atoms with Gasteiger partial charge in [-0.3, -0.25) is 4.79 Å². The Morgan fingerprint density at radius 3 is 2.76 bits per heavy atom. The van der Waals surface area contributed by atoms with Crippen molar-refractivity contribution in [3.05, 3.63) is 22.7 Å². The largest absolute Gasteiger partial charge is 0.496 e. The number of ether oxygens (including phenoxy) is 1. The lowest BCUT2D eigenvalue weighted by atomic mass is 9.99. The third-order valence-corrected chi connectivity index (χ3v) is 6.03. The average molecular weight is 377 g/mol. The average Bonchev–Trinajstić information content (AvgIpc) is 2.47. The van der Waals surface area contributed by atoms with Gasteiger partial charge in [-0.15, -0.1) is 0 Å². The first-order valence-electron chi connectivity index (χ1n) is 6.49. The maximum Gasteiger partial charge on any atom is 0.243 e. The van der Waals surface area contributed by atoms with Crippen LogP contribution in [0.3, 0.4) is 0 Å². The number of primary amides is 1. The zero-order chi connectivity index (χ0) is 15.6. The third-order valence-electron chi connectivity index (χ3n) is 3.55. The van der Waals surface area contributed by atoms with Crippen molar-refractivity contribution in [3.8, 4) is 5.75 Å². The van der Waals surface area contributed by atoms with E-state index in [0.29, 0.717) is 29.6 Å². The first kappa shape index (κ1) is 16.3. The van der Waals surface area contributed by atoms with Crippen LogP contribution in [0.15, 0.2) is 27.6 Å². The van der Waals surface area contributed by atoms with E-state index in [1.54, 1.807) is 6.07 Å². The first-order chi connectivity index (χ1) is 9.86. The number of methoxy groups -OCH3 is 1. The second kappa shape index (κ2) is 6.33. The summed E-state index contributed by atoms with van der Waals surface area (Å²) >= 11 is 3.28. The van der Waals surface area contributed by atoms with Crippen molar-refractivity contribution in [2.24, 2.45) is 11.7 Å². The quantitative estimate of drug-likeness (QED) is 0.858. The molecule has 1 aliphatic heterocycles. The first-order valence-corrected chi connectivity index (χ1v) is 8.72. The van der Waals surface area contributed by atoms with Crippen molar-refractivity contribution in [3.63, 3.8) is 0 Å². The van der Waals surface area contributed by atoms with E-state index in [0.717, 1.165) is 0 Å². The van der Waals surface area contributed by atoms with E-state index in [1.165, 1.54) is 23.5 Å². The Labute approximate surface area is 132 Å². The number of carbonyl (C=O) groups excluding carboxylic acids is 1. The Kier molecular flexibility index (Phi) is 4.90. The van der Waals surface area contributed by atoms with Gasteiger partial charge in [0.05, 0.1) is 22.4 Å². The zero-order valence-corrected chi connectivity index (χ0v) is 14.0. The SMILES string of the molecule is COc1ccc(S(=O)(=O)N2CCCC(C(N)=O)C2)cc1Br. The molecule has 8 heteroatoms. The molecule has 2 rings (SSSR count). The molecule has 1 unspecified atom stereocenters. The molecule has 2 N–H and O–H groups in total. The van der Waals surface area contributed by atoms with Gasteiger partial charge in [-0.1, -0.05) is 0 Å². The minimum Gasteiger partial charge on any atom is -0.496 e. The number of sulfonamides is 1. The van der Waals surface area contributed by atoms with E-state index in [1.807, 2.05) is 0 Å². The molecule has 6 nitrogen and oxygen atoms in total. The van der Waals surface area contributed by atoms with E-state index >= 15 is 0 Å². The van der Waals surface area contributed by atoms with Crippen molar-refractivity contribution in [2.75, 3.05) is 20.2 Å². The maximum atomic E-state index is 12.6. The summed E-state index contributed by atoms with van der Waals surface area (Å²) in [5, 5.41) is 0. The molecule has 0 bridgehead atoms. The highest BCUT2D eigenvalue weighted by Crippen LogP contribution is 2.30. The van der Waals surface area contributed by atoms with Crippen molar-refractivity contribution >= 4 is 31.9 Å². The van der Waals surface area contributed by atoms with Crippen LogP contribution < -0.4 is 10.5 Å². The van der Waals surface area contributed by atoms with Crippen LogP contribution in [0.1, 0.15) is 12.8 Å². The fraction of sp³-hybridized carbons (Fsp3) is 0.462. The molecule has 1 amide bonds. The van der Waals surface area contributed by atoms with Gasteiger partial charge in [0.15, 0.2) is 0 Å². The molecule has 21 heavy (non-hydrogen) atoms. The van der Waals surface area contributed by atoms with Gasteiger partial charge in [-0.2, -0.15) is 4.31 Å². The predicted molar refractivity (Wildman–Crippen MR) is 81.4 cm³/mol. The minimum atomic E-state index is -3.64. The summed E-state index contributed by atoms with van der Waals surface area (Å²) in [6.07, 6.45) is 1.26. The molecular weight excluding hydrogens is 360 g/mol. The van der Waals surface area contributed by atoms with E-state index in [-0.39, 0.29) is 11.4 Å². The molecule has 1 heterocycles. The Hall–Kier alpha value is -1.12. The van der Waals surface area contributed by atoms with Crippen LogP contribution in [-0.4, -0.2) is 38.8 Å². The van der Waals surface area contributed by atoms with Gasteiger partial charge in [-0.05, 0) is 47.0 Å². The highest BCUT2D eigenvalue weighted by atomic mass is 79.9. The summed E-state index contributed by atoms with van der Waals surface area (Å²) in [5.74, 6) is -0.316. The summed E-state index contributed by atoms with van der Waals surface area (Å²) in [4.78, 5) is 11.4. The van der Waals surface area contributed by atoms with Gasteiger partial charge >= 0.3 is 0 Å². The maximum absolute atomic E-state index is 12.6. The molecule has 0 aliphatic carbocycles. The topological polar surface area (TPSA) is 89.7 Å². The van der Waals surface area contributed by atoms with Gasteiger partial charge < -0.3 is 10.5 Å². The van der Waals surface area contributed by atoms with E-state index < -0.39 is 21.8 Å². The van der Waals surface area contributed by atoms with Crippen LogP contribution in [0.25, 0.3) is 0 Å². The molecule has 1 fully saturated rings. The van der Waals surface area contributed by atoms with Crippen LogP contribution in [0.4, 0.5) is 0 Å². The number of hydrogen-bond donors (Lipinski definition) is 1. The molecule has 116 valence electrons. The van der Waals surface area contributed by atoms with E-state index in [4.69, 9.17) is 10.5 Å². The number of nitrogens with two attached hydrogens (primary N) is 1. The molecule has 1 aliphatic rings. The van der Waals surface area contributed by atoms with Crippen molar-refractivity contribution in [1.82, 2.24) is 4.31 Å². The van der Waals surface area contributed by atoms with Crippen LogP contribution >= 0.6 is 15.9 Å². The number of nitrogens with zero attached hydrogens (tertiary/aromatic N) is 1. The number of carbonyl (C=O) groups is 1. The van der Waals surface area contributed by atoms with E-state index in [2.05, 4.69) is 15.9 Å². The molecule has 0 spiro atoms. The van der Waals surface area contributed by atoms with Crippen molar-refractivity contribution in [2.45, 2.75) is 17.7 Å². The Bertz CT molecular complexity index is 648. The molecule has 1 aromatic rings. The number of amides is 1. The number of piperidine rings is 1. The van der Waals surface area contributed by atoms with Crippen LogP contribution in [-0.2, 0) is 14.8 Å². The lowest BCUT2D eigenvalue weighted by Crippen LogP contribution is -2.44. The molecule has 0 radical (unpaired) electrons. The highest BCUT2D eigenvalue weighted by molar-refractivity contribution is 9.10. The highest BCUT2D eigenvalue weighted by Gasteiger charge is 2.32. The smallest absolute Gasteiger partial charge is 0.243 e. The fourth-order valence-electron chi connectivity index (χ4n) is 2.35. The minimum absolute atomic E-state index is 0.140. The summed E-state index contributed by atoms with van der Waals surface area (Å²) in [7, 11) is -2.13. The number of benzene rings is 1. The standard InChI is InChI=1S/C13H17BrN2O4S/c1-20-12-5-4-10(7-11(12)14)21(18,19)16-6-2-3-9(8-16)13(15)17/h4-5,7,9H,2-3,6,8H2,1H3,(H2,15,17). The Morgan fingerprint density at radius 1 is 1.48 bits per heavy atom. The number of halogens is 1. The van der Waals surface area contributed by atoms with Crippen LogP contribution in [0, 0.1) is 5.92 Å². The van der Waals surface area contributed by atoms with Gasteiger partial charge in [-0.25, -0.2) is 8.42 Å². The monoisotopic (exact) mass is 376 g/mol. The van der Waals surface area contributed by atoms with Gasteiger partial charge in [0, 0.05) is 13.1 Å². The molecule has 1 aromatic carbocycles. The van der Waals surface area contributed by atoms with Gasteiger partial charge in [0.25, 0.3) is 0 Å². The normalized spacial score (nSPS) is 20.2. The summed E-state index contributed by atoms with van der Waals surface area (Å²) < 4.78 is 32.2. The fourth-order valence-corrected chi connectivity index (χ4v) is 4.59. The summed E-state index contributed by atoms with van der Waals surface area (Å²) in [6.45, 7) is 0.539. The van der Waals surface area contributed by atoms with Crippen molar-refractivity contribution in [1.29, 1.82) is 0 Å². The Morgan fingerprint density at radius 2 is 2.19 bits per heavy atom. The lowest BCUT2D eigenvalue weighted by Gasteiger charge is -2.30. The second-order valence-electron chi connectivity index (χ2n) is 4.90. The number of rotatable bonds is 4. The second-order valence-corrected chi connectivity index (χ2v) is 7.69. The van der Waals surface area contributed by atoms with Gasteiger partial charge in [0.2, 0.25) is 15.9 Å². The van der Waals surface area contributed by atoms with Crippen LogP contribution in [0.2, 0.25) is 0 Å². The van der Waals surface area contributed by atoms with Crippen LogP contribution in [0.5, 0.6) is 5.75 Å². The van der Waals surface area contributed by atoms with Gasteiger partial charge in [0.1, 0.15) is 5.75 Å². The molecule has 1 atom stereocenters. The lowest BCUT2D eigenvalue weighted by molar-refractivity contribution is -0.122. The Balaban J connectivity index is 2.29. The van der Waals surface area contributed by atoms with Crippen molar-refractivity contribution < 1.29 is 17.9 Å². The number of hydrogen-bond acceptors (Lipinski definition) is 4. The summed E-state index contributed by atoms with van der Waals surface area (Å²) in [5.41, 5.74) is 5.29. The third kappa shape index (κ3) is 3.38. The zero-order valence-electron chi connectivity index (χ0n) is 11.6. The predicted octanol–water partition coefficient (Wildman–Crippen LogP) is 1.34. The van der Waals surface area contributed by atoms with E-state index in [9.17, 15) is 13.2 Å². The summed E-state index contributed by atoms with van der Waals surface area (Å²) in [6, 6.07) is 4.58. The molecule has 0 saturated carbocycles. The molecule has 0 aromatic heterocycles.